The molecule has 0 spiro atoms. The molecule has 0 fully saturated rings. The quantitative estimate of drug-likeness (QED) is 0.624. The zero-order chi connectivity index (χ0) is 20.1. The van der Waals surface area contributed by atoms with Gasteiger partial charge < -0.3 is 19.9 Å². The van der Waals surface area contributed by atoms with Crippen LogP contribution in [0.1, 0.15) is 23.0 Å². The molecule has 0 aliphatic carbocycles. The number of aryl methyl sites for hydroxylation is 1. The Morgan fingerprint density at radius 1 is 1.14 bits per heavy atom. The van der Waals surface area contributed by atoms with Gasteiger partial charge in [0.25, 0.3) is 5.91 Å². The predicted octanol–water partition coefficient (Wildman–Crippen LogP) is 4.05. The first kappa shape index (κ1) is 19.1. The third kappa shape index (κ3) is 4.73. The van der Waals surface area contributed by atoms with Crippen LogP contribution in [0.3, 0.4) is 0 Å². The Kier molecular flexibility index (Phi) is 5.69. The minimum Gasteiger partial charge on any atom is -0.449 e. The summed E-state index contributed by atoms with van der Waals surface area (Å²) in [6.07, 6.45) is -1.05. The van der Waals surface area contributed by atoms with Gasteiger partial charge in [-0.3, -0.25) is 4.79 Å². The number of ether oxygens (including phenoxy) is 1. The average Bonchev–Trinajstić information content (AvgIpc) is 3.08. The number of aromatic nitrogens is 1. The number of esters is 1. The smallest absolute Gasteiger partial charge is 0.341 e. The van der Waals surface area contributed by atoms with Crippen molar-refractivity contribution in [1.29, 1.82) is 0 Å². The van der Waals surface area contributed by atoms with E-state index < -0.39 is 18.0 Å². The minimum atomic E-state index is -1.05. The Balaban J connectivity index is 1.68. The summed E-state index contributed by atoms with van der Waals surface area (Å²) in [5, 5.41) is 9.20. The molecule has 2 aromatic carbocycles. The third-order valence-corrected chi connectivity index (χ3v) is 3.80. The lowest BCUT2D eigenvalue weighted by atomic mass is 10.1. The number of hydrogen-bond acceptors (Lipinski definition) is 6. The second-order valence-corrected chi connectivity index (χ2v) is 6.04. The van der Waals surface area contributed by atoms with Gasteiger partial charge >= 0.3 is 5.97 Å². The van der Waals surface area contributed by atoms with Crippen molar-refractivity contribution in [3.05, 3.63) is 71.7 Å². The van der Waals surface area contributed by atoms with E-state index in [-0.39, 0.29) is 17.2 Å². The molecule has 1 atom stereocenters. The van der Waals surface area contributed by atoms with Gasteiger partial charge in [0.2, 0.25) is 0 Å². The number of carbonyl (C=O) groups is 2. The van der Waals surface area contributed by atoms with Crippen LogP contribution in [0.25, 0.3) is 0 Å². The third-order valence-electron chi connectivity index (χ3n) is 3.80. The van der Waals surface area contributed by atoms with Gasteiger partial charge in [-0.15, -0.1) is 0 Å². The lowest BCUT2D eigenvalue weighted by Gasteiger charge is -2.15. The Bertz CT molecular complexity index is 985. The van der Waals surface area contributed by atoms with E-state index in [4.69, 9.17) is 9.26 Å². The highest BCUT2D eigenvalue weighted by Crippen LogP contribution is 2.22. The summed E-state index contributed by atoms with van der Waals surface area (Å²) < 4.78 is 23.2. The maximum atomic E-state index is 13.1. The number of nitrogens with one attached hydrogen (secondary N) is 2. The molecule has 1 unspecified atom stereocenters. The van der Waals surface area contributed by atoms with E-state index in [9.17, 15) is 14.0 Å². The van der Waals surface area contributed by atoms with Crippen LogP contribution in [0, 0.1) is 12.7 Å². The monoisotopic (exact) mass is 383 g/mol. The highest BCUT2D eigenvalue weighted by molar-refractivity contribution is 5.99. The summed E-state index contributed by atoms with van der Waals surface area (Å²) in [6, 6.07) is 13.9. The van der Waals surface area contributed by atoms with Crippen LogP contribution in [-0.2, 0) is 9.53 Å². The van der Waals surface area contributed by atoms with E-state index in [0.29, 0.717) is 17.1 Å². The molecule has 7 nitrogen and oxygen atoms in total. The molecule has 1 amide bonds. The number of para-hydroxylation sites is 1. The normalized spacial score (nSPS) is 11.5. The predicted molar refractivity (Wildman–Crippen MR) is 101 cm³/mol. The number of hydrogen-bond donors (Lipinski definition) is 2. The fourth-order valence-corrected chi connectivity index (χ4v) is 2.39. The number of amides is 1. The van der Waals surface area contributed by atoms with Crippen LogP contribution >= 0.6 is 0 Å². The van der Waals surface area contributed by atoms with Crippen molar-refractivity contribution in [3.63, 3.8) is 0 Å². The summed E-state index contributed by atoms with van der Waals surface area (Å²) in [5.74, 6) is -0.792. The molecular weight excluding hydrogens is 365 g/mol. The SMILES string of the molecule is Cc1cc(NC(=O)C(C)OC(=O)c2ccccc2Nc2ccc(F)cc2)no1. The number of anilines is 3. The van der Waals surface area contributed by atoms with Crippen molar-refractivity contribution in [2.24, 2.45) is 0 Å². The molecule has 1 aromatic heterocycles. The van der Waals surface area contributed by atoms with Crippen molar-refractivity contribution in [2.45, 2.75) is 20.0 Å². The Hall–Kier alpha value is -3.68. The first-order valence-corrected chi connectivity index (χ1v) is 8.49. The molecule has 0 saturated heterocycles. The number of halogens is 1. The van der Waals surface area contributed by atoms with Crippen molar-refractivity contribution in [3.8, 4) is 0 Å². The first-order chi connectivity index (χ1) is 13.4. The molecule has 3 rings (SSSR count). The Morgan fingerprint density at radius 3 is 2.54 bits per heavy atom. The zero-order valence-electron chi connectivity index (χ0n) is 15.2. The first-order valence-electron chi connectivity index (χ1n) is 8.49. The fraction of sp³-hybridized carbons (Fsp3) is 0.150. The van der Waals surface area contributed by atoms with E-state index in [1.54, 1.807) is 49.4 Å². The van der Waals surface area contributed by atoms with Gasteiger partial charge in [0.05, 0.1) is 11.3 Å². The van der Waals surface area contributed by atoms with E-state index >= 15 is 0 Å². The van der Waals surface area contributed by atoms with Crippen LogP contribution in [0.4, 0.5) is 21.6 Å². The van der Waals surface area contributed by atoms with Crippen LogP contribution in [0.5, 0.6) is 0 Å². The second kappa shape index (κ2) is 8.34. The standard InChI is InChI=1S/C20H18FN3O4/c1-12-11-18(24-28-12)23-19(25)13(2)27-20(26)16-5-3-4-6-17(16)22-15-9-7-14(21)8-10-15/h3-11,13,22H,1-2H3,(H,23,24,25). The van der Waals surface area contributed by atoms with E-state index in [1.165, 1.54) is 19.1 Å². The maximum absolute atomic E-state index is 13.1. The van der Waals surface area contributed by atoms with Gasteiger partial charge in [0.15, 0.2) is 11.9 Å². The van der Waals surface area contributed by atoms with Crippen molar-refractivity contribution >= 4 is 29.1 Å². The second-order valence-electron chi connectivity index (χ2n) is 6.04. The summed E-state index contributed by atoms with van der Waals surface area (Å²) in [6.45, 7) is 3.15. The molecule has 1 heterocycles. The van der Waals surface area contributed by atoms with Crippen molar-refractivity contribution in [2.75, 3.05) is 10.6 Å². The van der Waals surface area contributed by atoms with E-state index in [0.717, 1.165) is 0 Å². The summed E-state index contributed by atoms with van der Waals surface area (Å²) in [7, 11) is 0. The molecule has 0 bridgehead atoms. The highest BCUT2D eigenvalue weighted by atomic mass is 19.1. The van der Waals surface area contributed by atoms with Gasteiger partial charge in [0.1, 0.15) is 11.6 Å². The van der Waals surface area contributed by atoms with Gasteiger partial charge in [0, 0.05) is 11.8 Å². The van der Waals surface area contributed by atoms with Gasteiger partial charge in [-0.05, 0) is 50.2 Å². The lowest BCUT2D eigenvalue weighted by Crippen LogP contribution is -2.30. The fourth-order valence-electron chi connectivity index (χ4n) is 2.39. The number of rotatable bonds is 6. The van der Waals surface area contributed by atoms with Crippen LogP contribution < -0.4 is 10.6 Å². The van der Waals surface area contributed by atoms with Gasteiger partial charge in [-0.25, -0.2) is 9.18 Å². The lowest BCUT2D eigenvalue weighted by molar-refractivity contribution is -0.123. The van der Waals surface area contributed by atoms with E-state index in [1.807, 2.05) is 0 Å². The Morgan fingerprint density at radius 2 is 1.86 bits per heavy atom. The average molecular weight is 383 g/mol. The molecule has 0 saturated carbocycles. The number of nitrogens with zero attached hydrogens (tertiary/aromatic N) is 1. The molecule has 0 radical (unpaired) electrons. The van der Waals surface area contributed by atoms with Crippen molar-refractivity contribution < 1.29 is 23.2 Å². The van der Waals surface area contributed by atoms with Gasteiger partial charge in [-0.2, -0.15) is 0 Å². The molecule has 3 aromatic rings. The molecule has 8 heteroatoms. The van der Waals surface area contributed by atoms with Crippen LogP contribution in [0.2, 0.25) is 0 Å². The van der Waals surface area contributed by atoms with Crippen LogP contribution in [0.15, 0.2) is 59.1 Å². The molecule has 0 aliphatic rings. The van der Waals surface area contributed by atoms with E-state index in [2.05, 4.69) is 15.8 Å². The highest BCUT2D eigenvalue weighted by Gasteiger charge is 2.21. The summed E-state index contributed by atoms with van der Waals surface area (Å²) in [4.78, 5) is 24.7. The Labute approximate surface area is 160 Å². The number of carbonyl (C=O) groups excluding carboxylic acids is 2. The molecule has 144 valence electrons. The summed E-state index contributed by atoms with van der Waals surface area (Å²) >= 11 is 0. The molecule has 0 aliphatic heterocycles. The van der Waals surface area contributed by atoms with Gasteiger partial charge in [-0.1, -0.05) is 17.3 Å². The molecule has 28 heavy (non-hydrogen) atoms. The molecule has 2 N–H and O–H groups in total. The number of benzene rings is 2. The summed E-state index contributed by atoms with van der Waals surface area (Å²) in [5.41, 5.74) is 1.32. The topological polar surface area (TPSA) is 93.5 Å². The van der Waals surface area contributed by atoms with Crippen molar-refractivity contribution in [1.82, 2.24) is 5.16 Å². The van der Waals surface area contributed by atoms with Crippen LogP contribution in [-0.4, -0.2) is 23.1 Å². The largest absolute Gasteiger partial charge is 0.449 e. The maximum Gasteiger partial charge on any atom is 0.341 e. The minimum absolute atomic E-state index is 0.240. The molecular formula is C20H18FN3O4. The zero-order valence-corrected chi connectivity index (χ0v) is 15.2.